The van der Waals surface area contributed by atoms with E-state index >= 15 is 0 Å². The van der Waals surface area contributed by atoms with Gasteiger partial charge in [0, 0.05) is 35.2 Å². The van der Waals surface area contributed by atoms with Gasteiger partial charge in [0.2, 0.25) is 11.6 Å². The first-order chi connectivity index (χ1) is 19.9. The number of nitrogens with zero attached hydrogens (tertiary/aromatic N) is 8. The maximum atomic E-state index is 13.1. The third-order valence-electron chi connectivity index (χ3n) is 5.63. The van der Waals surface area contributed by atoms with Gasteiger partial charge in [0.1, 0.15) is 11.4 Å². The fourth-order valence-corrected chi connectivity index (χ4v) is 4.55. The molecule has 0 bridgehead atoms. The Hall–Kier alpha value is -5.64. The summed E-state index contributed by atoms with van der Waals surface area (Å²) in [5.41, 5.74) is 10.1. The lowest BCUT2D eigenvalue weighted by Crippen LogP contribution is -2.19. The Morgan fingerprint density at radius 2 is 2.05 bits per heavy atom. The fourth-order valence-electron chi connectivity index (χ4n) is 3.72. The third kappa shape index (κ3) is 6.01. The van der Waals surface area contributed by atoms with Gasteiger partial charge in [-0.2, -0.15) is 9.78 Å². The highest BCUT2D eigenvalue weighted by atomic mass is 32.2. The molecule has 41 heavy (non-hydrogen) atoms. The Bertz CT molecular complexity index is 1720. The van der Waals surface area contributed by atoms with Gasteiger partial charge in [0.15, 0.2) is 5.69 Å². The molecule has 1 amide bonds. The molecule has 3 heterocycles. The summed E-state index contributed by atoms with van der Waals surface area (Å²) in [5, 5.41) is 31.2. The molecule has 0 aliphatic heterocycles. The Morgan fingerprint density at radius 3 is 2.73 bits per heavy atom. The highest BCUT2D eigenvalue weighted by molar-refractivity contribution is 7.98. The number of methoxy groups -OCH3 is 1. The summed E-state index contributed by atoms with van der Waals surface area (Å²) < 4.78 is 11.3. The first-order valence-electron chi connectivity index (χ1n) is 11.8. The van der Waals surface area contributed by atoms with Crippen molar-refractivity contribution >= 4 is 35.4 Å². The molecule has 0 saturated carbocycles. The van der Waals surface area contributed by atoms with Crippen LogP contribution in [0.15, 0.2) is 81.6 Å². The standard InChI is InChI=1S/C25H20N10O5S/c1-39-19-10-5-15(12-17(19)14-41-20-4-2-3-11-27-20)13-28-30-25(36)21-22(16-6-8-18(9-7-16)35(37)38)34(33-29-21)24-23(26)31-40-32-24/h2-13H,14H2,1H3,(H2,26,31)(H,30,36)/b28-13-. The monoisotopic (exact) mass is 572 g/mol. The molecule has 206 valence electrons. The number of rotatable bonds is 10. The van der Waals surface area contributed by atoms with Crippen LogP contribution < -0.4 is 15.9 Å². The van der Waals surface area contributed by atoms with Gasteiger partial charge in [-0.25, -0.2) is 15.0 Å². The lowest BCUT2D eigenvalue weighted by Gasteiger charge is -2.09. The largest absolute Gasteiger partial charge is 0.496 e. The highest BCUT2D eigenvalue weighted by Crippen LogP contribution is 2.29. The number of nitrogens with one attached hydrogen (secondary N) is 1. The van der Waals surface area contributed by atoms with E-state index in [0.29, 0.717) is 22.6 Å². The van der Waals surface area contributed by atoms with Crippen molar-refractivity contribution in [3.8, 4) is 22.8 Å². The van der Waals surface area contributed by atoms with Crippen molar-refractivity contribution < 1.29 is 19.1 Å². The number of nitrogens with two attached hydrogens (primary N) is 1. The van der Waals surface area contributed by atoms with E-state index in [0.717, 1.165) is 15.3 Å². The van der Waals surface area contributed by atoms with Crippen LogP contribution in [-0.2, 0) is 5.75 Å². The van der Waals surface area contributed by atoms with Crippen LogP contribution in [0, 0.1) is 10.1 Å². The number of carbonyl (C=O) groups excluding carboxylic acids is 1. The molecule has 16 heteroatoms. The lowest BCUT2D eigenvalue weighted by atomic mass is 10.1. The molecule has 0 aliphatic rings. The van der Waals surface area contributed by atoms with Crippen molar-refractivity contribution in [3.05, 3.63) is 93.8 Å². The molecule has 3 aromatic heterocycles. The number of hydrogen-bond acceptors (Lipinski definition) is 13. The first kappa shape index (κ1) is 26.9. The number of pyridine rings is 1. The van der Waals surface area contributed by atoms with E-state index in [1.807, 2.05) is 30.3 Å². The second-order valence-electron chi connectivity index (χ2n) is 8.20. The molecule has 2 aromatic carbocycles. The molecule has 0 fully saturated rings. The number of ether oxygens (including phenoxy) is 1. The zero-order valence-corrected chi connectivity index (χ0v) is 22.1. The molecule has 3 N–H and O–H groups in total. The molecule has 0 saturated heterocycles. The van der Waals surface area contributed by atoms with Crippen LogP contribution in [0.2, 0.25) is 0 Å². The number of benzene rings is 2. The van der Waals surface area contributed by atoms with Gasteiger partial charge < -0.3 is 10.5 Å². The topological polar surface area (TPSA) is 202 Å². The number of amides is 1. The number of thioether (sulfide) groups is 1. The maximum absolute atomic E-state index is 13.1. The van der Waals surface area contributed by atoms with E-state index in [1.54, 1.807) is 31.1 Å². The minimum absolute atomic E-state index is 0.0114. The second kappa shape index (κ2) is 12.0. The summed E-state index contributed by atoms with van der Waals surface area (Å²) in [6.45, 7) is 0. The first-order valence-corrected chi connectivity index (χ1v) is 12.8. The normalized spacial score (nSPS) is 11.0. The molecule has 15 nitrogen and oxygen atoms in total. The van der Waals surface area contributed by atoms with Crippen molar-refractivity contribution in [2.75, 3.05) is 12.8 Å². The Balaban J connectivity index is 1.38. The number of non-ortho nitro benzene ring substituents is 1. The van der Waals surface area contributed by atoms with Crippen LogP contribution in [0.3, 0.4) is 0 Å². The van der Waals surface area contributed by atoms with Gasteiger partial charge in [-0.15, -0.1) is 16.9 Å². The van der Waals surface area contributed by atoms with Gasteiger partial charge >= 0.3 is 0 Å². The molecule has 0 unspecified atom stereocenters. The van der Waals surface area contributed by atoms with Crippen LogP contribution in [0.5, 0.6) is 5.75 Å². The molecule has 0 atom stereocenters. The van der Waals surface area contributed by atoms with Crippen molar-refractivity contribution in [2.24, 2.45) is 5.10 Å². The molecule has 5 rings (SSSR count). The van der Waals surface area contributed by atoms with E-state index in [4.69, 9.17) is 10.5 Å². The van der Waals surface area contributed by atoms with E-state index < -0.39 is 10.8 Å². The van der Waals surface area contributed by atoms with Gasteiger partial charge in [-0.1, -0.05) is 11.3 Å². The minimum Gasteiger partial charge on any atom is -0.496 e. The summed E-state index contributed by atoms with van der Waals surface area (Å²) >= 11 is 1.56. The predicted octanol–water partition coefficient (Wildman–Crippen LogP) is 3.27. The fraction of sp³-hybridized carbons (Fsp3) is 0.0800. The van der Waals surface area contributed by atoms with Crippen LogP contribution in [0.1, 0.15) is 21.6 Å². The van der Waals surface area contributed by atoms with Crippen molar-refractivity contribution in [2.45, 2.75) is 10.8 Å². The molecule has 5 aromatic rings. The Morgan fingerprint density at radius 1 is 1.22 bits per heavy atom. The van der Waals surface area contributed by atoms with Gasteiger partial charge in [-0.3, -0.25) is 14.9 Å². The van der Waals surface area contributed by atoms with Crippen LogP contribution in [-0.4, -0.2) is 54.4 Å². The number of hydrogen-bond donors (Lipinski definition) is 2. The third-order valence-corrected chi connectivity index (χ3v) is 6.62. The van der Waals surface area contributed by atoms with Crippen molar-refractivity contribution in [1.82, 2.24) is 35.7 Å². The number of nitro benzene ring substituents is 1. The zero-order valence-electron chi connectivity index (χ0n) is 21.2. The average molecular weight is 573 g/mol. The summed E-state index contributed by atoms with van der Waals surface area (Å²) in [7, 11) is 1.59. The predicted molar refractivity (Wildman–Crippen MR) is 148 cm³/mol. The number of hydrazone groups is 1. The van der Waals surface area contributed by atoms with Gasteiger partial charge in [0.25, 0.3) is 11.6 Å². The van der Waals surface area contributed by atoms with Crippen LogP contribution in [0.4, 0.5) is 11.5 Å². The Labute approximate surface area is 235 Å². The smallest absolute Gasteiger partial charge is 0.294 e. The number of nitrogen functional groups attached to an aromatic ring is 1. The minimum atomic E-state index is -0.699. The lowest BCUT2D eigenvalue weighted by molar-refractivity contribution is -0.384. The summed E-state index contributed by atoms with van der Waals surface area (Å²) in [6.07, 6.45) is 3.20. The average Bonchev–Trinajstić information content (AvgIpc) is 3.62. The quantitative estimate of drug-likeness (QED) is 0.107. The second-order valence-corrected chi connectivity index (χ2v) is 9.20. The van der Waals surface area contributed by atoms with Crippen molar-refractivity contribution in [3.63, 3.8) is 0 Å². The number of carbonyl (C=O) groups is 1. The van der Waals surface area contributed by atoms with Crippen LogP contribution >= 0.6 is 11.8 Å². The highest BCUT2D eigenvalue weighted by Gasteiger charge is 2.25. The van der Waals surface area contributed by atoms with E-state index in [2.05, 4.69) is 40.8 Å². The zero-order chi connectivity index (χ0) is 28.8. The maximum Gasteiger partial charge on any atom is 0.294 e. The van der Waals surface area contributed by atoms with Crippen LogP contribution in [0.25, 0.3) is 17.1 Å². The van der Waals surface area contributed by atoms with E-state index in [9.17, 15) is 14.9 Å². The number of aromatic nitrogens is 6. The number of nitro groups is 1. The molecule has 0 spiro atoms. The molecular formula is C25H20N10O5S. The summed E-state index contributed by atoms with van der Waals surface area (Å²) in [6, 6.07) is 16.6. The Kier molecular flexibility index (Phi) is 7.91. The summed E-state index contributed by atoms with van der Waals surface area (Å²) in [5.74, 6) is 0.508. The van der Waals surface area contributed by atoms with Crippen molar-refractivity contribution in [1.29, 1.82) is 0 Å². The summed E-state index contributed by atoms with van der Waals surface area (Å²) in [4.78, 5) is 28.0. The SMILES string of the molecule is COc1ccc(/C=N\NC(=O)c2nnn(-c3nonc3N)c2-c2ccc([N+](=O)[O-])cc2)cc1CSc1ccccn1. The molecule has 0 aliphatic carbocycles. The van der Waals surface area contributed by atoms with E-state index in [1.165, 1.54) is 30.5 Å². The molecule has 0 radical (unpaired) electrons. The van der Waals surface area contributed by atoms with Gasteiger partial charge in [-0.05, 0) is 58.3 Å². The number of anilines is 1. The van der Waals surface area contributed by atoms with Gasteiger partial charge in [0.05, 0.1) is 23.3 Å². The molecular weight excluding hydrogens is 552 g/mol. The van der Waals surface area contributed by atoms with E-state index in [-0.39, 0.29) is 28.7 Å².